The number of phenolic OH excluding ortho intramolecular Hbond substituents is 1. The van der Waals surface area contributed by atoms with Crippen LogP contribution in [0.15, 0.2) is 12.1 Å². The predicted octanol–water partition coefficient (Wildman–Crippen LogP) is 1.57. The first-order valence-electron chi connectivity index (χ1n) is 6.02. The van der Waals surface area contributed by atoms with Crippen molar-refractivity contribution >= 4 is 11.7 Å². The lowest BCUT2D eigenvalue weighted by atomic mass is 10.0. The molecule has 1 heterocycles. The quantitative estimate of drug-likeness (QED) is 0.496. The first kappa shape index (κ1) is 14.4. The van der Waals surface area contributed by atoms with Gasteiger partial charge in [0.05, 0.1) is 17.1 Å². The fraction of sp³-hybridized carbons (Fsp3) is 0.250. The van der Waals surface area contributed by atoms with Gasteiger partial charge in [0.15, 0.2) is 5.69 Å². The topological polar surface area (TPSA) is 131 Å². The Bertz CT molecular complexity index is 710. The number of phenols is 1. The van der Waals surface area contributed by atoms with E-state index in [1.165, 1.54) is 13.0 Å². The Morgan fingerprint density at radius 1 is 1.48 bits per heavy atom. The maximum absolute atomic E-state index is 11.7. The second-order valence-electron chi connectivity index (χ2n) is 4.15. The average Bonchev–Trinajstić information content (AvgIpc) is 2.87. The van der Waals surface area contributed by atoms with Crippen molar-refractivity contribution in [2.75, 3.05) is 6.61 Å². The molecule has 1 aromatic heterocycles. The van der Waals surface area contributed by atoms with E-state index in [0.29, 0.717) is 5.56 Å². The van der Waals surface area contributed by atoms with Crippen LogP contribution in [-0.2, 0) is 4.74 Å². The summed E-state index contributed by atoms with van der Waals surface area (Å²) in [5, 5.41) is 30.6. The van der Waals surface area contributed by atoms with Crippen LogP contribution in [0.1, 0.15) is 23.0 Å². The zero-order chi connectivity index (χ0) is 15.6. The number of aromatic amines is 1. The summed E-state index contributed by atoms with van der Waals surface area (Å²) in [6.07, 6.45) is 0. The summed E-state index contributed by atoms with van der Waals surface area (Å²) in [5.41, 5.74) is -0.0218. The SMILES string of the molecule is CCOC(=O)c1n[nH]nc1-c1cc([N+](=O)[O-])c(C)cc1O. The van der Waals surface area contributed by atoms with Crippen molar-refractivity contribution < 1.29 is 19.6 Å². The van der Waals surface area contributed by atoms with E-state index >= 15 is 0 Å². The van der Waals surface area contributed by atoms with Gasteiger partial charge >= 0.3 is 5.97 Å². The number of benzene rings is 1. The molecule has 0 saturated heterocycles. The monoisotopic (exact) mass is 292 g/mol. The summed E-state index contributed by atoms with van der Waals surface area (Å²) in [5.74, 6) is -0.971. The molecule has 0 aliphatic carbocycles. The van der Waals surface area contributed by atoms with Gasteiger partial charge in [0.1, 0.15) is 11.4 Å². The van der Waals surface area contributed by atoms with E-state index in [1.807, 2.05) is 0 Å². The van der Waals surface area contributed by atoms with E-state index in [4.69, 9.17) is 4.74 Å². The fourth-order valence-electron chi connectivity index (χ4n) is 1.83. The Morgan fingerprint density at radius 3 is 2.81 bits per heavy atom. The number of carbonyl (C=O) groups excluding carboxylic acids is 1. The van der Waals surface area contributed by atoms with Gasteiger partial charge in [-0.05, 0) is 19.9 Å². The summed E-state index contributed by atoms with van der Waals surface area (Å²) in [7, 11) is 0. The van der Waals surface area contributed by atoms with Crippen molar-refractivity contribution in [1.29, 1.82) is 0 Å². The highest BCUT2D eigenvalue weighted by Crippen LogP contribution is 2.35. The molecule has 2 aromatic rings. The lowest BCUT2D eigenvalue weighted by molar-refractivity contribution is -0.385. The van der Waals surface area contributed by atoms with Gasteiger partial charge in [-0.3, -0.25) is 10.1 Å². The van der Waals surface area contributed by atoms with Crippen LogP contribution in [0.25, 0.3) is 11.3 Å². The number of hydrogen-bond donors (Lipinski definition) is 2. The predicted molar refractivity (Wildman–Crippen MR) is 70.8 cm³/mol. The lowest BCUT2D eigenvalue weighted by Crippen LogP contribution is -2.07. The van der Waals surface area contributed by atoms with E-state index in [9.17, 15) is 20.0 Å². The number of rotatable bonds is 4. The normalized spacial score (nSPS) is 10.4. The van der Waals surface area contributed by atoms with E-state index in [2.05, 4.69) is 15.4 Å². The summed E-state index contributed by atoms with van der Waals surface area (Å²) < 4.78 is 4.81. The van der Waals surface area contributed by atoms with Crippen molar-refractivity contribution in [3.8, 4) is 17.0 Å². The van der Waals surface area contributed by atoms with Gasteiger partial charge in [0.2, 0.25) is 0 Å². The lowest BCUT2D eigenvalue weighted by Gasteiger charge is -2.05. The summed E-state index contributed by atoms with van der Waals surface area (Å²) in [4.78, 5) is 22.1. The number of nitro groups is 1. The van der Waals surface area contributed by atoms with Crippen LogP contribution in [0.3, 0.4) is 0 Å². The number of nitrogens with zero attached hydrogens (tertiary/aromatic N) is 3. The number of nitrogens with one attached hydrogen (secondary N) is 1. The highest BCUT2D eigenvalue weighted by molar-refractivity contribution is 5.95. The molecular formula is C12H12N4O5. The molecule has 2 N–H and O–H groups in total. The number of aryl methyl sites for hydroxylation is 1. The molecule has 2 rings (SSSR count). The second kappa shape index (κ2) is 5.57. The van der Waals surface area contributed by atoms with Crippen LogP contribution in [0.5, 0.6) is 5.75 Å². The third-order valence-corrected chi connectivity index (χ3v) is 2.78. The molecule has 0 atom stereocenters. The van der Waals surface area contributed by atoms with Crippen LogP contribution in [0.2, 0.25) is 0 Å². The van der Waals surface area contributed by atoms with Crippen molar-refractivity contribution in [1.82, 2.24) is 15.4 Å². The zero-order valence-electron chi connectivity index (χ0n) is 11.3. The number of hydrogen-bond acceptors (Lipinski definition) is 7. The minimum atomic E-state index is -0.733. The van der Waals surface area contributed by atoms with E-state index in [-0.39, 0.29) is 35.0 Å². The molecule has 0 amide bonds. The highest BCUT2D eigenvalue weighted by atomic mass is 16.6. The molecular weight excluding hydrogens is 280 g/mol. The molecule has 21 heavy (non-hydrogen) atoms. The number of aromatic hydroxyl groups is 1. The zero-order valence-corrected chi connectivity index (χ0v) is 11.3. The molecule has 1 aromatic carbocycles. The molecule has 9 nitrogen and oxygen atoms in total. The van der Waals surface area contributed by atoms with Crippen molar-refractivity contribution in [2.45, 2.75) is 13.8 Å². The maximum atomic E-state index is 11.7. The summed E-state index contributed by atoms with van der Waals surface area (Å²) in [6, 6.07) is 2.38. The summed E-state index contributed by atoms with van der Waals surface area (Å²) >= 11 is 0. The Hall–Kier alpha value is -2.97. The van der Waals surface area contributed by atoms with E-state index in [1.54, 1.807) is 6.92 Å². The maximum Gasteiger partial charge on any atom is 0.361 e. The number of esters is 1. The Balaban J connectivity index is 2.58. The van der Waals surface area contributed by atoms with E-state index < -0.39 is 10.9 Å². The highest BCUT2D eigenvalue weighted by Gasteiger charge is 2.24. The molecule has 0 aliphatic heterocycles. The van der Waals surface area contributed by atoms with Crippen LogP contribution in [0.4, 0.5) is 5.69 Å². The smallest absolute Gasteiger partial charge is 0.361 e. The van der Waals surface area contributed by atoms with Gasteiger partial charge in [0, 0.05) is 11.6 Å². The first-order valence-corrected chi connectivity index (χ1v) is 6.02. The minimum Gasteiger partial charge on any atom is -0.507 e. The van der Waals surface area contributed by atoms with Crippen LogP contribution < -0.4 is 0 Å². The number of nitro benzene ring substituents is 1. The number of aromatic nitrogens is 3. The van der Waals surface area contributed by atoms with Gasteiger partial charge in [-0.1, -0.05) is 0 Å². The molecule has 0 spiro atoms. The van der Waals surface area contributed by atoms with Crippen LogP contribution in [0, 0.1) is 17.0 Å². The third-order valence-electron chi connectivity index (χ3n) is 2.78. The Labute approximate surface area is 118 Å². The van der Waals surface area contributed by atoms with Crippen molar-refractivity contribution in [2.24, 2.45) is 0 Å². The molecule has 0 bridgehead atoms. The van der Waals surface area contributed by atoms with Gasteiger partial charge in [-0.2, -0.15) is 10.3 Å². The largest absolute Gasteiger partial charge is 0.507 e. The Kier molecular flexibility index (Phi) is 3.83. The number of H-pyrrole nitrogens is 1. The van der Waals surface area contributed by atoms with Crippen molar-refractivity contribution in [3.63, 3.8) is 0 Å². The molecule has 9 heteroatoms. The molecule has 0 radical (unpaired) electrons. The van der Waals surface area contributed by atoms with Crippen LogP contribution >= 0.6 is 0 Å². The average molecular weight is 292 g/mol. The molecule has 0 aliphatic rings. The standard InChI is InChI=1S/C12H12N4O5/c1-3-21-12(18)11-10(13-15-14-11)7-5-8(16(19)20)6(2)4-9(7)17/h4-5,17H,3H2,1-2H3,(H,13,14,15). The van der Waals surface area contributed by atoms with Gasteiger partial charge in [-0.15, -0.1) is 5.10 Å². The molecule has 0 fully saturated rings. The fourth-order valence-corrected chi connectivity index (χ4v) is 1.83. The van der Waals surface area contributed by atoms with Gasteiger partial charge in [-0.25, -0.2) is 4.79 Å². The van der Waals surface area contributed by atoms with Crippen LogP contribution in [-0.4, -0.2) is 38.0 Å². The summed E-state index contributed by atoms with van der Waals surface area (Å²) in [6.45, 7) is 3.27. The Morgan fingerprint density at radius 2 is 2.19 bits per heavy atom. The molecule has 0 saturated carbocycles. The van der Waals surface area contributed by atoms with Crippen molar-refractivity contribution in [3.05, 3.63) is 33.5 Å². The van der Waals surface area contributed by atoms with E-state index in [0.717, 1.165) is 6.07 Å². The third kappa shape index (κ3) is 2.66. The molecule has 0 unspecified atom stereocenters. The van der Waals surface area contributed by atoms with Gasteiger partial charge in [0.25, 0.3) is 5.69 Å². The second-order valence-corrected chi connectivity index (χ2v) is 4.15. The minimum absolute atomic E-state index is 0.00551. The molecule has 110 valence electrons. The first-order chi connectivity index (χ1) is 9.95. The number of ether oxygens (including phenoxy) is 1. The number of carbonyl (C=O) groups is 1. The van der Waals surface area contributed by atoms with Gasteiger partial charge < -0.3 is 9.84 Å².